The standard InChI is InChI=1S/C21H25FN6O.HI/c1-3-23-21(28(2)11-12-29-19-10-5-4-9-18(19)22)24-14-16-7-6-8-17(13-16)20-25-15-26-27-20;/h4-10,13,15H,3,11-12,14H2,1-2H3,(H,23,24)(H,25,26,27);1H. The van der Waals surface area contributed by atoms with Gasteiger partial charge in [0.1, 0.15) is 12.9 Å². The zero-order valence-electron chi connectivity index (χ0n) is 17.0. The van der Waals surface area contributed by atoms with Crippen molar-refractivity contribution in [3.05, 3.63) is 66.2 Å². The molecule has 7 nitrogen and oxygen atoms in total. The highest BCUT2D eigenvalue weighted by molar-refractivity contribution is 14.0. The van der Waals surface area contributed by atoms with E-state index in [1.165, 1.54) is 12.4 Å². The second-order valence-corrected chi connectivity index (χ2v) is 6.41. The lowest BCUT2D eigenvalue weighted by Crippen LogP contribution is -2.40. The Morgan fingerprint density at radius 1 is 1.23 bits per heavy atom. The van der Waals surface area contributed by atoms with E-state index >= 15 is 0 Å². The second-order valence-electron chi connectivity index (χ2n) is 6.41. The number of H-pyrrole nitrogens is 1. The van der Waals surface area contributed by atoms with E-state index in [4.69, 9.17) is 9.73 Å². The molecule has 0 aliphatic carbocycles. The molecule has 2 N–H and O–H groups in total. The number of benzene rings is 2. The van der Waals surface area contributed by atoms with E-state index in [0.717, 1.165) is 29.5 Å². The van der Waals surface area contributed by atoms with Gasteiger partial charge in [-0.25, -0.2) is 14.4 Å². The molecule has 0 saturated carbocycles. The van der Waals surface area contributed by atoms with Gasteiger partial charge in [0, 0.05) is 19.2 Å². The van der Waals surface area contributed by atoms with Crippen LogP contribution in [0.15, 0.2) is 59.9 Å². The summed E-state index contributed by atoms with van der Waals surface area (Å²) in [5.41, 5.74) is 2.03. The molecule has 0 atom stereocenters. The summed E-state index contributed by atoms with van der Waals surface area (Å²) in [6.07, 6.45) is 1.49. The largest absolute Gasteiger partial charge is 0.489 e. The minimum Gasteiger partial charge on any atom is -0.489 e. The monoisotopic (exact) mass is 524 g/mol. The van der Waals surface area contributed by atoms with Gasteiger partial charge >= 0.3 is 0 Å². The Morgan fingerprint density at radius 2 is 2.07 bits per heavy atom. The number of ether oxygens (including phenoxy) is 1. The van der Waals surface area contributed by atoms with Gasteiger partial charge in [-0.05, 0) is 30.7 Å². The van der Waals surface area contributed by atoms with Crippen LogP contribution in [0.25, 0.3) is 11.4 Å². The highest BCUT2D eigenvalue weighted by Crippen LogP contribution is 2.16. The molecule has 3 rings (SSSR count). The predicted octanol–water partition coefficient (Wildman–Crippen LogP) is 3.71. The molecule has 0 fully saturated rings. The first-order valence-corrected chi connectivity index (χ1v) is 9.49. The van der Waals surface area contributed by atoms with E-state index in [1.807, 2.05) is 43.1 Å². The topological polar surface area (TPSA) is 78.4 Å². The van der Waals surface area contributed by atoms with Gasteiger partial charge in [-0.2, -0.15) is 5.10 Å². The molecule has 0 spiro atoms. The number of aliphatic imine (C=N–C) groups is 1. The van der Waals surface area contributed by atoms with Gasteiger partial charge in [-0.3, -0.25) is 5.10 Å². The number of hydrogen-bond acceptors (Lipinski definition) is 4. The molecule has 3 aromatic rings. The maximum absolute atomic E-state index is 13.7. The van der Waals surface area contributed by atoms with Crippen molar-refractivity contribution in [2.45, 2.75) is 13.5 Å². The first-order chi connectivity index (χ1) is 14.2. The molecule has 0 amide bonds. The third-order valence-electron chi connectivity index (χ3n) is 4.24. The van der Waals surface area contributed by atoms with Crippen LogP contribution in [0.1, 0.15) is 12.5 Å². The maximum atomic E-state index is 13.7. The zero-order valence-corrected chi connectivity index (χ0v) is 19.3. The quantitative estimate of drug-likeness (QED) is 0.267. The van der Waals surface area contributed by atoms with Crippen molar-refractivity contribution in [3.63, 3.8) is 0 Å². The minimum absolute atomic E-state index is 0. The van der Waals surface area contributed by atoms with Crippen molar-refractivity contribution in [2.75, 3.05) is 26.7 Å². The van der Waals surface area contributed by atoms with Crippen LogP contribution in [0.4, 0.5) is 4.39 Å². The lowest BCUT2D eigenvalue weighted by Gasteiger charge is -2.22. The molecule has 30 heavy (non-hydrogen) atoms. The molecule has 2 aromatic carbocycles. The molecule has 1 aromatic heterocycles. The Hall–Kier alpha value is -2.69. The summed E-state index contributed by atoms with van der Waals surface area (Å²) in [5.74, 6) is 1.38. The lowest BCUT2D eigenvalue weighted by molar-refractivity contribution is 0.270. The first kappa shape index (κ1) is 23.6. The van der Waals surface area contributed by atoms with Crippen molar-refractivity contribution < 1.29 is 9.13 Å². The molecule has 0 saturated heterocycles. The van der Waals surface area contributed by atoms with E-state index in [9.17, 15) is 4.39 Å². The Labute approximate surface area is 192 Å². The molecule has 0 radical (unpaired) electrons. The van der Waals surface area contributed by atoms with E-state index in [0.29, 0.717) is 19.7 Å². The highest BCUT2D eigenvalue weighted by atomic mass is 127. The summed E-state index contributed by atoms with van der Waals surface area (Å²) in [5, 5.41) is 10.0. The summed E-state index contributed by atoms with van der Waals surface area (Å²) in [7, 11) is 1.93. The van der Waals surface area contributed by atoms with E-state index in [1.54, 1.807) is 18.2 Å². The molecule has 1 heterocycles. The summed E-state index contributed by atoms with van der Waals surface area (Å²) in [6, 6.07) is 14.4. The Kier molecular flexibility index (Phi) is 9.52. The number of nitrogens with one attached hydrogen (secondary N) is 2. The van der Waals surface area contributed by atoms with Gasteiger partial charge in [0.2, 0.25) is 0 Å². The average Bonchev–Trinajstić information content (AvgIpc) is 3.27. The van der Waals surface area contributed by atoms with Crippen LogP contribution < -0.4 is 10.1 Å². The van der Waals surface area contributed by atoms with Crippen LogP contribution in [0.2, 0.25) is 0 Å². The Balaban J connectivity index is 0.00000320. The first-order valence-electron chi connectivity index (χ1n) is 9.49. The summed E-state index contributed by atoms with van der Waals surface area (Å²) >= 11 is 0. The molecular weight excluding hydrogens is 498 g/mol. The number of rotatable bonds is 8. The van der Waals surface area contributed by atoms with Gasteiger partial charge in [-0.15, -0.1) is 24.0 Å². The van der Waals surface area contributed by atoms with Crippen molar-refractivity contribution in [2.24, 2.45) is 4.99 Å². The fraction of sp³-hybridized carbons (Fsp3) is 0.286. The van der Waals surface area contributed by atoms with Crippen molar-refractivity contribution in [3.8, 4) is 17.1 Å². The smallest absolute Gasteiger partial charge is 0.194 e. The molecule has 9 heteroatoms. The molecule has 0 bridgehead atoms. The van der Waals surface area contributed by atoms with Gasteiger partial charge in [0.15, 0.2) is 23.4 Å². The SMILES string of the molecule is CCNC(=NCc1cccc(-c2ncn[nH]2)c1)N(C)CCOc1ccccc1F.I. The van der Waals surface area contributed by atoms with E-state index in [2.05, 4.69) is 20.5 Å². The molecule has 0 aliphatic rings. The van der Waals surface area contributed by atoms with Gasteiger partial charge in [0.05, 0.1) is 13.1 Å². The van der Waals surface area contributed by atoms with Crippen molar-refractivity contribution >= 4 is 29.9 Å². The molecule has 160 valence electrons. The van der Waals surface area contributed by atoms with Crippen LogP contribution in [0.3, 0.4) is 0 Å². The van der Waals surface area contributed by atoms with Gasteiger partial charge in [0.25, 0.3) is 0 Å². The van der Waals surface area contributed by atoms with Crippen LogP contribution in [0, 0.1) is 5.82 Å². The molecular formula is C21H26FIN6O. The van der Waals surface area contributed by atoms with Crippen molar-refractivity contribution in [1.82, 2.24) is 25.4 Å². The number of nitrogens with zero attached hydrogens (tertiary/aromatic N) is 4. The van der Waals surface area contributed by atoms with E-state index in [-0.39, 0.29) is 35.5 Å². The molecule has 0 unspecified atom stereocenters. The summed E-state index contributed by atoms with van der Waals surface area (Å²) in [6.45, 7) is 4.20. The third-order valence-corrected chi connectivity index (χ3v) is 4.24. The number of likely N-dealkylation sites (N-methyl/N-ethyl adjacent to an activating group) is 1. The predicted molar refractivity (Wildman–Crippen MR) is 127 cm³/mol. The number of para-hydroxylation sites is 1. The highest BCUT2D eigenvalue weighted by Gasteiger charge is 2.08. The third kappa shape index (κ3) is 6.68. The number of hydrogen-bond donors (Lipinski definition) is 2. The summed E-state index contributed by atoms with van der Waals surface area (Å²) < 4.78 is 19.2. The van der Waals surface area contributed by atoms with Crippen LogP contribution in [0.5, 0.6) is 5.75 Å². The number of halogens is 2. The van der Waals surface area contributed by atoms with Crippen LogP contribution >= 0.6 is 24.0 Å². The lowest BCUT2D eigenvalue weighted by atomic mass is 10.1. The Morgan fingerprint density at radius 3 is 2.80 bits per heavy atom. The minimum atomic E-state index is -0.359. The van der Waals surface area contributed by atoms with Crippen LogP contribution in [-0.4, -0.2) is 52.8 Å². The zero-order chi connectivity index (χ0) is 20.5. The normalized spacial score (nSPS) is 11.0. The fourth-order valence-electron chi connectivity index (χ4n) is 2.76. The van der Waals surface area contributed by atoms with Crippen LogP contribution in [-0.2, 0) is 6.54 Å². The molecule has 0 aliphatic heterocycles. The number of aromatic amines is 1. The average molecular weight is 524 g/mol. The van der Waals surface area contributed by atoms with Crippen molar-refractivity contribution in [1.29, 1.82) is 0 Å². The van der Waals surface area contributed by atoms with Gasteiger partial charge < -0.3 is 15.0 Å². The fourth-order valence-corrected chi connectivity index (χ4v) is 2.76. The van der Waals surface area contributed by atoms with E-state index < -0.39 is 0 Å². The maximum Gasteiger partial charge on any atom is 0.194 e. The second kappa shape index (κ2) is 12.1. The summed E-state index contributed by atoms with van der Waals surface area (Å²) in [4.78, 5) is 10.8. The number of guanidine groups is 1. The number of aromatic nitrogens is 3. The van der Waals surface area contributed by atoms with Gasteiger partial charge in [-0.1, -0.05) is 30.3 Å². The Bertz CT molecular complexity index is 935.